The van der Waals surface area contributed by atoms with Gasteiger partial charge in [0.25, 0.3) is 0 Å². The molecule has 0 aliphatic heterocycles. The molecule has 0 saturated heterocycles. The summed E-state index contributed by atoms with van der Waals surface area (Å²) in [4.78, 5) is 3.93. The number of anilines is 2. The van der Waals surface area contributed by atoms with Crippen LogP contribution < -0.4 is 5.32 Å². The molecule has 0 radical (unpaired) electrons. The molecule has 2 N–H and O–H groups in total. The number of hydrogen-bond donors (Lipinski definition) is 2. The van der Waals surface area contributed by atoms with Gasteiger partial charge in [-0.05, 0) is 13.0 Å². The van der Waals surface area contributed by atoms with Gasteiger partial charge in [0.15, 0.2) is 0 Å². The molecule has 2 rings (SSSR count). The van der Waals surface area contributed by atoms with Gasteiger partial charge in [-0.1, -0.05) is 0 Å². The highest BCUT2D eigenvalue weighted by Gasteiger charge is 2.00. The SMILES string of the molecule is Cc1nnccc1Nc1ncn[nH]1. The molecule has 2 aromatic rings. The second kappa shape index (κ2) is 3.18. The van der Waals surface area contributed by atoms with Crippen molar-refractivity contribution in [3.63, 3.8) is 0 Å². The van der Waals surface area contributed by atoms with Crippen LogP contribution in [-0.2, 0) is 0 Å². The Morgan fingerprint density at radius 2 is 2.38 bits per heavy atom. The maximum Gasteiger partial charge on any atom is 0.222 e. The van der Waals surface area contributed by atoms with Crippen LogP contribution in [0.3, 0.4) is 0 Å². The van der Waals surface area contributed by atoms with E-state index in [-0.39, 0.29) is 0 Å². The van der Waals surface area contributed by atoms with Gasteiger partial charge in [-0.25, -0.2) is 5.10 Å². The standard InChI is InChI=1S/C7H8N6/c1-5-6(2-3-9-12-5)11-7-8-4-10-13-7/h2-4H,1H3,(H2,8,9,10,11,13). The summed E-state index contributed by atoms with van der Waals surface area (Å²) >= 11 is 0. The van der Waals surface area contributed by atoms with Crippen molar-refractivity contribution in [2.45, 2.75) is 6.92 Å². The number of aromatic amines is 1. The first kappa shape index (κ1) is 7.66. The highest BCUT2D eigenvalue weighted by atomic mass is 15.3. The second-order valence-electron chi connectivity index (χ2n) is 2.49. The van der Waals surface area contributed by atoms with Crippen molar-refractivity contribution < 1.29 is 0 Å². The van der Waals surface area contributed by atoms with E-state index in [0.29, 0.717) is 5.95 Å². The fourth-order valence-electron chi connectivity index (χ4n) is 0.928. The van der Waals surface area contributed by atoms with E-state index in [9.17, 15) is 0 Å². The summed E-state index contributed by atoms with van der Waals surface area (Å²) in [5.41, 5.74) is 1.69. The summed E-state index contributed by atoms with van der Waals surface area (Å²) in [5.74, 6) is 0.594. The van der Waals surface area contributed by atoms with E-state index in [0.717, 1.165) is 11.4 Å². The Labute approximate surface area is 74.4 Å². The van der Waals surface area contributed by atoms with Gasteiger partial charge >= 0.3 is 0 Å². The molecule has 0 atom stereocenters. The van der Waals surface area contributed by atoms with Crippen LogP contribution in [-0.4, -0.2) is 25.4 Å². The minimum atomic E-state index is 0.594. The van der Waals surface area contributed by atoms with Crippen LogP contribution in [0.25, 0.3) is 0 Å². The van der Waals surface area contributed by atoms with Crippen molar-refractivity contribution in [3.05, 3.63) is 24.3 Å². The van der Waals surface area contributed by atoms with E-state index in [1.54, 1.807) is 6.20 Å². The molecule has 0 bridgehead atoms. The molecule has 13 heavy (non-hydrogen) atoms. The highest BCUT2D eigenvalue weighted by molar-refractivity contribution is 5.54. The Morgan fingerprint density at radius 1 is 1.46 bits per heavy atom. The molecule has 6 heteroatoms. The first-order chi connectivity index (χ1) is 6.36. The van der Waals surface area contributed by atoms with E-state index < -0.39 is 0 Å². The average molecular weight is 176 g/mol. The molecule has 6 nitrogen and oxygen atoms in total. The van der Waals surface area contributed by atoms with Gasteiger partial charge in [-0.3, -0.25) is 0 Å². The van der Waals surface area contributed by atoms with Crippen molar-refractivity contribution in [1.82, 2.24) is 25.4 Å². The zero-order valence-electron chi connectivity index (χ0n) is 7.02. The third-order valence-electron chi connectivity index (χ3n) is 1.57. The second-order valence-corrected chi connectivity index (χ2v) is 2.49. The number of nitrogens with one attached hydrogen (secondary N) is 2. The van der Waals surface area contributed by atoms with Crippen molar-refractivity contribution in [2.24, 2.45) is 0 Å². The van der Waals surface area contributed by atoms with Crippen molar-refractivity contribution in [2.75, 3.05) is 5.32 Å². The van der Waals surface area contributed by atoms with Gasteiger partial charge < -0.3 is 5.32 Å². The zero-order chi connectivity index (χ0) is 9.10. The van der Waals surface area contributed by atoms with Crippen molar-refractivity contribution in [1.29, 1.82) is 0 Å². The molecule has 0 spiro atoms. The molecule has 0 saturated carbocycles. The summed E-state index contributed by atoms with van der Waals surface area (Å²) < 4.78 is 0. The zero-order valence-corrected chi connectivity index (χ0v) is 7.02. The van der Waals surface area contributed by atoms with Gasteiger partial charge in [-0.15, -0.1) is 0 Å². The third-order valence-corrected chi connectivity index (χ3v) is 1.57. The van der Waals surface area contributed by atoms with E-state index in [2.05, 4.69) is 30.7 Å². The normalized spacial score (nSPS) is 9.92. The van der Waals surface area contributed by atoms with E-state index in [1.807, 2.05) is 13.0 Å². The third kappa shape index (κ3) is 1.61. The lowest BCUT2D eigenvalue weighted by Crippen LogP contribution is -1.97. The summed E-state index contributed by atoms with van der Waals surface area (Å²) in [6, 6.07) is 1.82. The Balaban J connectivity index is 2.24. The van der Waals surface area contributed by atoms with Crippen molar-refractivity contribution in [3.8, 4) is 0 Å². The quantitative estimate of drug-likeness (QED) is 0.702. The molecule has 2 heterocycles. The maximum absolute atomic E-state index is 3.93. The molecule has 2 aromatic heterocycles. The molecule has 0 aliphatic carbocycles. The average Bonchev–Trinajstić information content (AvgIpc) is 2.61. The number of aromatic nitrogens is 5. The van der Waals surface area contributed by atoms with Crippen molar-refractivity contribution >= 4 is 11.6 Å². The minimum absolute atomic E-state index is 0.594. The van der Waals surface area contributed by atoms with E-state index in [1.165, 1.54) is 6.33 Å². The lowest BCUT2D eigenvalue weighted by molar-refractivity contribution is 0.980. The van der Waals surface area contributed by atoms with Crippen LogP contribution in [0.4, 0.5) is 11.6 Å². The van der Waals surface area contributed by atoms with Crippen LogP contribution in [0.5, 0.6) is 0 Å². The molecule has 0 unspecified atom stereocenters. The molecule has 66 valence electrons. The van der Waals surface area contributed by atoms with Gasteiger partial charge in [0.05, 0.1) is 17.6 Å². The van der Waals surface area contributed by atoms with Crippen LogP contribution in [0.2, 0.25) is 0 Å². The fraction of sp³-hybridized carbons (Fsp3) is 0.143. The Morgan fingerprint density at radius 3 is 3.08 bits per heavy atom. The van der Waals surface area contributed by atoms with Crippen LogP contribution in [0.15, 0.2) is 18.6 Å². The monoisotopic (exact) mass is 176 g/mol. The Bertz CT molecular complexity index is 382. The van der Waals surface area contributed by atoms with Gasteiger partial charge in [0.1, 0.15) is 6.33 Å². The predicted molar refractivity (Wildman–Crippen MR) is 46.4 cm³/mol. The summed E-state index contributed by atoms with van der Waals surface area (Å²) in [6.07, 6.45) is 3.05. The number of aryl methyl sites for hydroxylation is 1. The summed E-state index contributed by atoms with van der Waals surface area (Å²) in [5, 5.41) is 17.0. The molecule has 0 aliphatic rings. The summed E-state index contributed by atoms with van der Waals surface area (Å²) in [7, 11) is 0. The lowest BCUT2D eigenvalue weighted by Gasteiger charge is -2.02. The lowest BCUT2D eigenvalue weighted by atomic mass is 10.3. The number of hydrogen-bond acceptors (Lipinski definition) is 5. The smallest absolute Gasteiger partial charge is 0.222 e. The van der Waals surface area contributed by atoms with Gasteiger partial charge in [0.2, 0.25) is 5.95 Å². The van der Waals surface area contributed by atoms with Gasteiger partial charge in [0, 0.05) is 0 Å². The highest BCUT2D eigenvalue weighted by Crippen LogP contribution is 2.12. The van der Waals surface area contributed by atoms with Crippen LogP contribution in [0, 0.1) is 6.92 Å². The van der Waals surface area contributed by atoms with Gasteiger partial charge in [-0.2, -0.15) is 20.3 Å². The van der Waals surface area contributed by atoms with Crippen LogP contribution >= 0.6 is 0 Å². The maximum atomic E-state index is 3.93. The molecule has 0 amide bonds. The van der Waals surface area contributed by atoms with E-state index in [4.69, 9.17) is 0 Å². The molecular formula is C7H8N6. The number of rotatable bonds is 2. The first-order valence-corrected chi connectivity index (χ1v) is 3.77. The number of nitrogens with zero attached hydrogens (tertiary/aromatic N) is 4. The molecule has 0 aromatic carbocycles. The Kier molecular flexibility index (Phi) is 1.87. The minimum Gasteiger partial charge on any atom is -0.323 e. The van der Waals surface area contributed by atoms with E-state index >= 15 is 0 Å². The molecule has 0 fully saturated rings. The Hall–Kier alpha value is -1.98. The summed E-state index contributed by atoms with van der Waals surface area (Å²) in [6.45, 7) is 1.87. The number of H-pyrrole nitrogens is 1. The largest absolute Gasteiger partial charge is 0.323 e. The fourth-order valence-corrected chi connectivity index (χ4v) is 0.928. The first-order valence-electron chi connectivity index (χ1n) is 3.77. The topological polar surface area (TPSA) is 79.4 Å². The van der Waals surface area contributed by atoms with Crippen LogP contribution in [0.1, 0.15) is 5.69 Å². The molecular weight excluding hydrogens is 168 g/mol. The predicted octanol–water partition coefficient (Wildman–Crippen LogP) is 0.647.